The molecule has 0 saturated carbocycles. The molecule has 2 fully saturated rings. The van der Waals surface area contributed by atoms with E-state index in [1.165, 1.54) is 4.57 Å². The van der Waals surface area contributed by atoms with Crippen LogP contribution in [-0.4, -0.2) is 74.2 Å². The topological polar surface area (TPSA) is 173 Å². The highest BCUT2D eigenvalue weighted by Gasteiger charge is 2.48. The number of aliphatic hydroxyl groups excluding tert-OH is 2. The minimum Gasteiger partial charge on any atom is -0.756 e. The van der Waals surface area contributed by atoms with Crippen LogP contribution in [0.4, 0.5) is 0 Å². The molecule has 3 unspecified atom stereocenters. The van der Waals surface area contributed by atoms with Crippen molar-refractivity contribution in [2.24, 2.45) is 0 Å². The summed E-state index contributed by atoms with van der Waals surface area (Å²) in [5.74, 6) is -0.793. The summed E-state index contributed by atoms with van der Waals surface area (Å²) in [7, 11) is -4.88. The second-order valence-corrected chi connectivity index (χ2v) is 11.4. The first-order valence-electron chi connectivity index (χ1n) is 11.9. The van der Waals surface area contributed by atoms with Gasteiger partial charge < -0.3 is 38.7 Å². The molecule has 5 heterocycles. The third kappa shape index (κ3) is 4.55. The molecule has 6 rings (SSSR count). The van der Waals surface area contributed by atoms with Crippen LogP contribution in [0.25, 0.3) is 0 Å². The highest BCUT2D eigenvalue weighted by atomic mass is 31.2. The molecule has 1 aromatic heterocycles. The van der Waals surface area contributed by atoms with Gasteiger partial charge in [-0.15, -0.1) is 0 Å². The maximum absolute atomic E-state index is 13.1. The molecule has 3 N–H and O–H groups in total. The molecule has 0 amide bonds. The van der Waals surface area contributed by atoms with Crippen molar-refractivity contribution in [2.45, 2.75) is 81.9 Å². The Morgan fingerprint density at radius 2 is 2.03 bits per heavy atom. The number of rotatable bonds is 1. The fourth-order valence-corrected chi connectivity index (χ4v) is 6.50. The third-order valence-electron chi connectivity index (χ3n) is 7.37. The Morgan fingerprint density at radius 1 is 1.28 bits per heavy atom. The first-order chi connectivity index (χ1) is 16.9. The lowest BCUT2D eigenvalue weighted by Gasteiger charge is -2.38. The van der Waals surface area contributed by atoms with Crippen molar-refractivity contribution in [1.82, 2.24) is 9.55 Å². The second kappa shape index (κ2) is 9.23. The van der Waals surface area contributed by atoms with Crippen LogP contribution in [0.2, 0.25) is 0 Å². The molecular weight excluding hydrogens is 495 g/mol. The van der Waals surface area contributed by atoms with Gasteiger partial charge in [0.1, 0.15) is 18.4 Å². The lowest BCUT2D eigenvalue weighted by molar-refractivity contribution is -0.234. The van der Waals surface area contributed by atoms with E-state index < -0.39 is 75.0 Å². The average molecular weight is 525 g/mol. The Balaban J connectivity index is 1.67. The number of hydrogen-bond donors (Lipinski definition) is 3. The van der Waals surface area contributed by atoms with E-state index in [2.05, 4.69) is 4.98 Å². The standard InChI is InChI=1S/C23H31N2O10P/c1-11-4-5-23(3,29)20-19(11)15-7-14(16(9-26)33-15)35-36(30,31)32-10-17-13(27)6-18(34-17)25-8-12(2)21(20)24-22(25)28/h4-5,8,13-18,20,26-27,29H,6-7,9-10H2,1-3H3,(H,30,31)/p-1/t13?,14?,15-,16-,17-,18-,20+,23+/m1/s1. The number of ether oxygens (including phenoxy) is 2. The van der Waals surface area contributed by atoms with E-state index in [9.17, 15) is 29.6 Å². The SMILES string of the molecule is CC1=C2[C@H]3CC(OP(=O)([O-])OC[C@H]4O[C@H](CC4O)n4cc(C)c(nc4=O)[C@H]2[C@@](C)(O)C=C1)[C@@H](CO)O3. The van der Waals surface area contributed by atoms with Crippen molar-refractivity contribution in [2.75, 3.05) is 13.2 Å². The van der Waals surface area contributed by atoms with Gasteiger partial charge in [0.25, 0.3) is 7.82 Å². The van der Waals surface area contributed by atoms with Gasteiger partial charge in [-0.2, -0.15) is 4.98 Å². The summed E-state index contributed by atoms with van der Waals surface area (Å²) in [5.41, 5.74) is 0.233. The van der Waals surface area contributed by atoms with Crippen LogP contribution in [0.15, 0.2) is 34.3 Å². The fourth-order valence-electron chi connectivity index (χ4n) is 5.56. The summed E-state index contributed by atoms with van der Waals surface area (Å²) >= 11 is 0. The van der Waals surface area contributed by atoms with Crippen molar-refractivity contribution in [3.63, 3.8) is 0 Å². The minimum atomic E-state index is -4.88. The van der Waals surface area contributed by atoms with Crippen molar-refractivity contribution in [3.05, 3.63) is 51.2 Å². The van der Waals surface area contributed by atoms with Gasteiger partial charge in [0.15, 0.2) is 0 Å². The van der Waals surface area contributed by atoms with Gasteiger partial charge in [0.2, 0.25) is 0 Å². The Hall–Kier alpha value is -1.73. The van der Waals surface area contributed by atoms with Gasteiger partial charge in [-0.1, -0.05) is 12.2 Å². The van der Waals surface area contributed by atoms with Crippen LogP contribution < -0.4 is 10.6 Å². The van der Waals surface area contributed by atoms with Crippen LogP contribution >= 0.6 is 7.82 Å². The smallest absolute Gasteiger partial charge is 0.349 e. The lowest BCUT2D eigenvalue weighted by Crippen LogP contribution is -2.40. The summed E-state index contributed by atoms with van der Waals surface area (Å²) in [5, 5.41) is 31.7. The zero-order chi connectivity index (χ0) is 26.0. The maximum Gasteiger partial charge on any atom is 0.349 e. The molecule has 13 heteroatoms. The molecule has 1 aromatic rings. The van der Waals surface area contributed by atoms with Gasteiger partial charge in [-0.3, -0.25) is 9.13 Å². The zero-order valence-corrected chi connectivity index (χ0v) is 21.0. The van der Waals surface area contributed by atoms with Gasteiger partial charge in [0, 0.05) is 19.0 Å². The van der Waals surface area contributed by atoms with Crippen molar-refractivity contribution in [3.8, 4) is 0 Å². The largest absolute Gasteiger partial charge is 0.756 e. The van der Waals surface area contributed by atoms with Crippen LogP contribution in [0, 0.1) is 6.92 Å². The van der Waals surface area contributed by atoms with Crippen LogP contribution in [-0.2, 0) is 23.1 Å². The van der Waals surface area contributed by atoms with E-state index in [1.54, 1.807) is 32.2 Å². The number of aliphatic hydroxyl groups is 3. The van der Waals surface area contributed by atoms with Crippen molar-refractivity contribution < 1.29 is 43.3 Å². The van der Waals surface area contributed by atoms with Crippen LogP contribution in [0.3, 0.4) is 0 Å². The van der Waals surface area contributed by atoms with Gasteiger partial charge in [-0.25, -0.2) is 4.79 Å². The number of phosphoric acid groups is 1. The number of hydrogen-bond acceptors (Lipinski definition) is 11. The van der Waals surface area contributed by atoms with E-state index in [-0.39, 0.29) is 12.8 Å². The fraction of sp³-hybridized carbons (Fsp3) is 0.652. The molecule has 5 aliphatic rings. The molecule has 36 heavy (non-hydrogen) atoms. The molecule has 12 nitrogen and oxygen atoms in total. The highest BCUT2D eigenvalue weighted by Crippen LogP contribution is 2.49. The summed E-state index contributed by atoms with van der Waals surface area (Å²) in [6.07, 6.45) is -0.774. The number of phosphoric ester groups is 1. The zero-order valence-electron chi connectivity index (χ0n) is 20.1. The monoisotopic (exact) mass is 525 g/mol. The van der Waals surface area contributed by atoms with Crippen molar-refractivity contribution >= 4 is 7.82 Å². The number of aryl methyl sites for hydroxylation is 1. The molecule has 0 radical (unpaired) electrons. The van der Waals surface area contributed by atoms with E-state index in [0.717, 1.165) is 5.57 Å². The average Bonchev–Trinajstić information content (AvgIpc) is 3.37. The maximum atomic E-state index is 13.1. The summed E-state index contributed by atoms with van der Waals surface area (Å²) in [4.78, 5) is 30.1. The van der Waals surface area contributed by atoms with Gasteiger partial charge >= 0.3 is 5.69 Å². The molecule has 0 aromatic carbocycles. The van der Waals surface area contributed by atoms with Gasteiger partial charge in [-0.05, 0) is 37.5 Å². The molecule has 6 bridgehead atoms. The lowest BCUT2D eigenvalue weighted by atomic mass is 9.72. The number of nitrogens with zero attached hydrogens (tertiary/aromatic N) is 2. The molecule has 0 spiro atoms. The first-order valence-corrected chi connectivity index (χ1v) is 13.3. The van der Waals surface area contributed by atoms with E-state index in [0.29, 0.717) is 16.8 Å². The Kier molecular flexibility index (Phi) is 6.64. The first kappa shape index (κ1) is 25.9. The highest BCUT2D eigenvalue weighted by molar-refractivity contribution is 7.45. The Morgan fingerprint density at radius 3 is 2.75 bits per heavy atom. The summed E-state index contributed by atoms with van der Waals surface area (Å²) in [6.45, 7) is 4.16. The predicted octanol–water partition coefficient (Wildman–Crippen LogP) is -0.0454. The predicted molar refractivity (Wildman–Crippen MR) is 122 cm³/mol. The van der Waals surface area contributed by atoms with E-state index in [1.807, 2.05) is 6.92 Å². The molecule has 4 aliphatic heterocycles. The second-order valence-electron chi connectivity index (χ2n) is 10.0. The van der Waals surface area contributed by atoms with Crippen LogP contribution in [0.5, 0.6) is 0 Å². The van der Waals surface area contributed by atoms with E-state index in [4.69, 9.17) is 18.5 Å². The molecule has 1 aliphatic carbocycles. The molecule has 9 atom stereocenters. The molecular formula is C23H30N2O10P-. The third-order valence-corrected chi connectivity index (χ3v) is 8.37. The minimum absolute atomic E-state index is 0.0255. The molecule has 2 saturated heterocycles. The summed E-state index contributed by atoms with van der Waals surface area (Å²) in [6, 6.07) is 0. The summed E-state index contributed by atoms with van der Waals surface area (Å²) < 4.78 is 35.9. The normalized spacial score (nSPS) is 42.7. The van der Waals surface area contributed by atoms with Crippen LogP contribution in [0.1, 0.15) is 50.1 Å². The molecule has 198 valence electrons. The Bertz CT molecular complexity index is 1210. The quantitative estimate of drug-likeness (QED) is 0.420. The van der Waals surface area contributed by atoms with Crippen molar-refractivity contribution in [1.29, 1.82) is 0 Å². The van der Waals surface area contributed by atoms with E-state index >= 15 is 0 Å². The number of allylic oxidation sites excluding steroid dienone is 2. The van der Waals surface area contributed by atoms with Gasteiger partial charge in [0.05, 0.1) is 48.7 Å². The number of aromatic nitrogens is 2. The Labute approximate surface area is 207 Å². The number of fused-ring (bicyclic) bond motifs is 5.